The van der Waals surface area contributed by atoms with Crippen molar-refractivity contribution in [3.63, 3.8) is 0 Å². The Balaban J connectivity index is 1.58. The summed E-state index contributed by atoms with van der Waals surface area (Å²) in [6.07, 6.45) is 17.3. The third kappa shape index (κ3) is 15.1. The Labute approximate surface area is 215 Å². The lowest BCUT2D eigenvalue weighted by molar-refractivity contribution is -0.0915. The lowest BCUT2D eigenvalue weighted by Gasteiger charge is -2.23. The Morgan fingerprint density at radius 2 is 1.06 bits per heavy atom. The zero-order chi connectivity index (χ0) is 24.8. The number of aliphatic hydroxyl groups excluding tert-OH is 1. The summed E-state index contributed by atoms with van der Waals surface area (Å²) >= 11 is 0. The van der Waals surface area contributed by atoms with Crippen molar-refractivity contribution in [3.05, 3.63) is 71.8 Å². The zero-order valence-electron chi connectivity index (χ0n) is 22.2. The van der Waals surface area contributed by atoms with Gasteiger partial charge in [-0.2, -0.15) is 0 Å². The number of aliphatic hydroxyl groups is 1. The summed E-state index contributed by atoms with van der Waals surface area (Å²) < 4.78 is 12.0. The summed E-state index contributed by atoms with van der Waals surface area (Å²) in [5.74, 6) is 0. The minimum Gasteiger partial charge on any atom is -0.390 e. The van der Waals surface area contributed by atoms with E-state index in [1.54, 1.807) is 0 Å². The predicted molar refractivity (Wildman–Crippen MR) is 147 cm³/mol. The van der Waals surface area contributed by atoms with Crippen LogP contribution in [0.5, 0.6) is 0 Å². The molecule has 0 amide bonds. The van der Waals surface area contributed by atoms with Gasteiger partial charge >= 0.3 is 0 Å². The lowest BCUT2D eigenvalue weighted by Crippen LogP contribution is -2.33. The molecule has 3 heteroatoms. The fourth-order valence-corrected chi connectivity index (χ4v) is 4.47. The van der Waals surface area contributed by atoms with E-state index in [9.17, 15) is 5.11 Å². The van der Waals surface area contributed by atoms with E-state index in [-0.39, 0.29) is 6.10 Å². The Morgan fingerprint density at radius 1 is 0.600 bits per heavy atom. The maximum atomic E-state index is 10.9. The Morgan fingerprint density at radius 3 is 1.57 bits per heavy atom. The van der Waals surface area contributed by atoms with Gasteiger partial charge in [-0.3, -0.25) is 0 Å². The number of hydrogen-bond donors (Lipinski definition) is 1. The molecular weight excluding hydrogens is 432 g/mol. The second-order valence-electron chi connectivity index (χ2n) is 9.93. The molecule has 3 nitrogen and oxygen atoms in total. The maximum absolute atomic E-state index is 10.9. The molecule has 0 saturated carbocycles. The van der Waals surface area contributed by atoms with Crippen LogP contribution in [0.25, 0.3) is 0 Å². The Bertz CT molecular complexity index is 703. The molecule has 0 aromatic heterocycles. The minimum absolute atomic E-state index is 0.309. The molecule has 0 unspecified atom stereocenters. The van der Waals surface area contributed by atoms with Crippen LogP contribution in [-0.2, 0) is 22.7 Å². The summed E-state index contributed by atoms with van der Waals surface area (Å²) in [6.45, 7) is 3.72. The van der Waals surface area contributed by atoms with Crippen LogP contribution >= 0.6 is 0 Å². The van der Waals surface area contributed by atoms with Crippen molar-refractivity contribution in [2.45, 2.75) is 122 Å². The van der Waals surface area contributed by atoms with E-state index >= 15 is 0 Å². The van der Waals surface area contributed by atoms with Gasteiger partial charge in [0.05, 0.1) is 25.9 Å². The monoisotopic (exact) mass is 482 g/mol. The molecule has 0 fully saturated rings. The third-order valence-corrected chi connectivity index (χ3v) is 6.73. The molecule has 2 atom stereocenters. The maximum Gasteiger partial charge on any atom is 0.107 e. The molecule has 0 bridgehead atoms. The van der Waals surface area contributed by atoms with Gasteiger partial charge in [-0.1, -0.05) is 151 Å². The van der Waals surface area contributed by atoms with Crippen molar-refractivity contribution in [3.8, 4) is 0 Å². The molecule has 0 heterocycles. The summed E-state index contributed by atoms with van der Waals surface area (Å²) in [7, 11) is 0. The van der Waals surface area contributed by atoms with Gasteiger partial charge in [0.15, 0.2) is 0 Å². The number of hydrogen-bond acceptors (Lipinski definition) is 3. The molecule has 2 aromatic rings. The molecule has 0 radical (unpaired) electrons. The zero-order valence-corrected chi connectivity index (χ0v) is 22.2. The first kappa shape index (κ1) is 29.5. The normalized spacial score (nSPS) is 13.1. The van der Waals surface area contributed by atoms with Crippen molar-refractivity contribution >= 4 is 0 Å². The van der Waals surface area contributed by atoms with Crippen molar-refractivity contribution in [1.29, 1.82) is 0 Å². The van der Waals surface area contributed by atoms with Gasteiger partial charge in [-0.25, -0.2) is 0 Å². The van der Waals surface area contributed by atoms with Crippen LogP contribution in [0.3, 0.4) is 0 Å². The minimum atomic E-state index is -0.498. The number of benzene rings is 2. The quantitative estimate of drug-likeness (QED) is 0.171. The smallest absolute Gasteiger partial charge is 0.107 e. The van der Waals surface area contributed by atoms with Gasteiger partial charge in [0.1, 0.15) is 6.10 Å². The van der Waals surface area contributed by atoms with Crippen LogP contribution in [0.15, 0.2) is 60.7 Å². The summed E-state index contributed by atoms with van der Waals surface area (Å²) in [6, 6.07) is 20.3. The summed E-state index contributed by atoms with van der Waals surface area (Å²) in [4.78, 5) is 0. The molecule has 0 aliphatic heterocycles. The first-order valence-electron chi connectivity index (χ1n) is 14.2. The summed E-state index contributed by atoms with van der Waals surface area (Å²) in [5.41, 5.74) is 2.26. The van der Waals surface area contributed by atoms with E-state index in [2.05, 4.69) is 31.2 Å². The van der Waals surface area contributed by atoms with Gasteiger partial charge in [-0.05, 0) is 17.5 Å². The van der Waals surface area contributed by atoms with Crippen LogP contribution in [-0.4, -0.2) is 23.9 Å². The third-order valence-electron chi connectivity index (χ3n) is 6.73. The van der Waals surface area contributed by atoms with Gasteiger partial charge in [0, 0.05) is 0 Å². The molecule has 2 rings (SSSR count). The van der Waals surface area contributed by atoms with Crippen LogP contribution in [0.1, 0.15) is 108 Å². The molecule has 0 spiro atoms. The topological polar surface area (TPSA) is 38.7 Å². The molecule has 0 aliphatic rings. The molecule has 196 valence electrons. The average Bonchev–Trinajstić information content (AvgIpc) is 2.90. The van der Waals surface area contributed by atoms with Crippen molar-refractivity contribution < 1.29 is 14.6 Å². The SMILES string of the molecule is CCCCCCCCCCCCCCC[C@@H](O)[C@@H](COCc1ccccc1)OCc1ccccc1. The fraction of sp³-hybridized carbons (Fsp3) is 0.625. The van der Waals surface area contributed by atoms with Crippen molar-refractivity contribution in [2.24, 2.45) is 0 Å². The second-order valence-corrected chi connectivity index (χ2v) is 9.93. The van der Waals surface area contributed by atoms with E-state index in [1.807, 2.05) is 36.4 Å². The highest BCUT2D eigenvalue weighted by Gasteiger charge is 2.20. The molecule has 2 aromatic carbocycles. The second kappa shape index (κ2) is 20.5. The van der Waals surface area contributed by atoms with E-state index in [1.165, 1.54) is 77.0 Å². The van der Waals surface area contributed by atoms with Crippen LogP contribution in [0.2, 0.25) is 0 Å². The van der Waals surface area contributed by atoms with Crippen molar-refractivity contribution in [1.82, 2.24) is 0 Å². The Hall–Kier alpha value is -1.68. The van der Waals surface area contributed by atoms with Crippen molar-refractivity contribution in [2.75, 3.05) is 6.61 Å². The molecule has 35 heavy (non-hydrogen) atoms. The number of rotatable bonds is 22. The molecule has 1 N–H and O–H groups in total. The van der Waals surface area contributed by atoms with E-state index in [0.29, 0.717) is 19.8 Å². The van der Waals surface area contributed by atoms with Gasteiger partial charge in [0.2, 0.25) is 0 Å². The van der Waals surface area contributed by atoms with Crippen LogP contribution in [0.4, 0.5) is 0 Å². The Kier molecular flexibility index (Phi) is 17.3. The van der Waals surface area contributed by atoms with Gasteiger partial charge < -0.3 is 14.6 Å². The largest absolute Gasteiger partial charge is 0.390 e. The summed E-state index contributed by atoms with van der Waals surface area (Å²) in [5, 5.41) is 10.9. The average molecular weight is 483 g/mol. The lowest BCUT2D eigenvalue weighted by atomic mass is 10.0. The highest BCUT2D eigenvalue weighted by atomic mass is 16.5. The number of unbranched alkanes of at least 4 members (excludes halogenated alkanes) is 12. The number of ether oxygens (including phenoxy) is 2. The van der Waals surface area contributed by atoms with Crippen LogP contribution < -0.4 is 0 Å². The van der Waals surface area contributed by atoms with E-state index < -0.39 is 6.10 Å². The van der Waals surface area contributed by atoms with E-state index in [0.717, 1.165) is 24.0 Å². The van der Waals surface area contributed by atoms with Gasteiger partial charge in [0.25, 0.3) is 0 Å². The van der Waals surface area contributed by atoms with E-state index in [4.69, 9.17) is 9.47 Å². The predicted octanol–water partition coefficient (Wildman–Crippen LogP) is 8.63. The molecule has 0 saturated heterocycles. The standard InChI is InChI=1S/C32H50O3/c1-2-3-4-5-6-7-8-9-10-11-12-13-20-25-31(33)32(35-27-30-23-18-15-19-24-30)28-34-26-29-21-16-14-17-22-29/h14-19,21-24,31-33H,2-13,20,25-28H2,1H3/t31-,32-/m1/s1. The fourth-order valence-electron chi connectivity index (χ4n) is 4.47. The highest BCUT2D eigenvalue weighted by molar-refractivity contribution is 5.14. The molecule has 0 aliphatic carbocycles. The van der Waals surface area contributed by atoms with Crippen LogP contribution in [0, 0.1) is 0 Å². The highest BCUT2D eigenvalue weighted by Crippen LogP contribution is 2.16. The first-order chi connectivity index (χ1) is 17.3. The van der Waals surface area contributed by atoms with Gasteiger partial charge in [-0.15, -0.1) is 0 Å². The molecular formula is C32H50O3. The first-order valence-corrected chi connectivity index (χ1v) is 14.2.